The number of aryl methyl sites for hydroxylation is 1. The summed E-state index contributed by atoms with van der Waals surface area (Å²) in [5, 5.41) is 14.8. The molecule has 0 spiro atoms. The summed E-state index contributed by atoms with van der Waals surface area (Å²) in [5.74, 6) is 0.638. The second-order valence-electron chi connectivity index (χ2n) is 6.81. The molecule has 0 saturated carbocycles. The van der Waals surface area contributed by atoms with E-state index in [-0.39, 0.29) is 18.2 Å². The molecule has 0 bridgehead atoms. The predicted octanol–water partition coefficient (Wildman–Crippen LogP) is 5.02. The zero-order valence-corrected chi connectivity index (χ0v) is 19.0. The Morgan fingerprint density at radius 2 is 1.94 bits per heavy atom. The highest BCUT2D eigenvalue weighted by Crippen LogP contribution is 2.37. The Kier molecular flexibility index (Phi) is 7.56. The van der Waals surface area contributed by atoms with E-state index in [0.717, 1.165) is 11.1 Å². The van der Waals surface area contributed by atoms with E-state index in [2.05, 4.69) is 26.5 Å². The molecule has 3 rings (SSSR count). The molecular formula is C23H20BrN3O5. The van der Waals surface area contributed by atoms with Crippen molar-refractivity contribution in [3.8, 4) is 11.5 Å². The topological polar surface area (TPSA) is 103 Å². The average molecular weight is 498 g/mol. The molecule has 3 aromatic carbocycles. The summed E-state index contributed by atoms with van der Waals surface area (Å²) >= 11 is 3.47. The molecule has 0 saturated heterocycles. The Morgan fingerprint density at radius 3 is 2.59 bits per heavy atom. The Labute approximate surface area is 193 Å². The number of carbonyl (C=O) groups excluding carboxylic acids is 1. The van der Waals surface area contributed by atoms with Crippen molar-refractivity contribution in [2.75, 3.05) is 7.11 Å². The van der Waals surface area contributed by atoms with Crippen molar-refractivity contribution in [1.82, 2.24) is 5.43 Å². The van der Waals surface area contributed by atoms with Crippen LogP contribution >= 0.6 is 15.9 Å². The number of nitro groups is 1. The lowest BCUT2D eigenvalue weighted by Crippen LogP contribution is -2.17. The predicted molar refractivity (Wildman–Crippen MR) is 124 cm³/mol. The third-order valence-electron chi connectivity index (χ3n) is 4.44. The molecule has 9 heteroatoms. The van der Waals surface area contributed by atoms with Gasteiger partial charge in [0.1, 0.15) is 6.61 Å². The molecule has 1 amide bonds. The second-order valence-corrected chi connectivity index (χ2v) is 7.67. The van der Waals surface area contributed by atoms with E-state index in [4.69, 9.17) is 9.47 Å². The third kappa shape index (κ3) is 5.92. The molecule has 8 nitrogen and oxygen atoms in total. The average Bonchev–Trinajstić information content (AvgIpc) is 2.78. The first-order chi connectivity index (χ1) is 15.4. The van der Waals surface area contributed by atoms with Crippen LogP contribution in [-0.2, 0) is 6.61 Å². The van der Waals surface area contributed by atoms with Gasteiger partial charge in [-0.05, 0) is 70.4 Å². The molecule has 0 aliphatic heterocycles. The standard InChI is InChI=1S/C23H20BrN3O5/c1-15-4-3-5-18(10-15)23(28)26-25-13-17-11-20(24)22(21(12-17)31-2)32-14-16-6-8-19(9-7-16)27(29)30/h3-13H,14H2,1-2H3,(H,26,28)/b25-13-. The first-order valence-electron chi connectivity index (χ1n) is 9.51. The van der Waals surface area contributed by atoms with Crippen LogP contribution in [0.4, 0.5) is 5.69 Å². The SMILES string of the molecule is COc1cc(/C=N\NC(=O)c2cccc(C)c2)cc(Br)c1OCc1ccc([N+](=O)[O-])cc1. The van der Waals surface area contributed by atoms with Crippen LogP contribution < -0.4 is 14.9 Å². The van der Waals surface area contributed by atoms with E-state index >= 15 is 0 Å². The van der Waals surface area contributed by atoms with Crippen molar-refractivity contribution < 1.29 is 19.2 Å². The Bertz CT molecular complexity index is 1160. The van der Waals surface area contributed by atoms with Crippen molar-refractivity contribution in [2.24, 2.45) is 5.10 Å². The molecule has 0 aromatic heterocycles. The highest BCUT2D eigenvalue weighted by Gasteiger charge is 2.12. The molecule has 0 aliphatic rings. The number of halogens is 1. The van der Waals surface area contributed by atoms with Crippen molar-refractivity contribution in [3.05, 3.63) is 97.5 Å². The van der Waals surface area contributed by atoms with Crippen LogP contribution in [0.15, 0.2) is 70.2 Å². The molecule has 1 N–H and O–H groups in total. The molecule has 0 radical (unpaired) electrons. The first-order valence-corrected chi connectivity index (χ1v) is 10.3. The number of nitro benzene ring substituents is 1. The minimum absolute atomic E-state index is 0.0191. The number of carbonyl (C=O) groups is 1. The van der Waals surface area contributed by atoms with Crippen LogP contribution in [0.1, 0.15) is 27.0 Å². The van der Waals surface area contributed by atoms with Gasteiger partial charge >= 0.3 is 0 Å². The van der Waals surface area contributed by atoms with Gasteiger partial charge in [0.2, 0.25) is 0 Å². The zero-order valence-electron chi connectivity index (χ0n) is 17.4. The van der Waals surface area contributed by atoms with Crippen molar-refractivity contribution >= 4 is 33.7 Å². The highest BCUT2D eigenvalue weighted by atomic mass is 79.9. The largest absolute Gasteiger partial charge is 0.493 e. The number of nitrogens with one attached hydrogen (secondary N) is 1. The maximum absolute atomic E-state index is 12.2. The Balaban J connectivity index is 1.68. The number of rotatable bonds is 8. The quantitative estimate of drug-likeness (QED) is 0.267. The normalized spacial score (nSPS) is 10.7. The number of non-ortho nitro benzene ring substituents is 1. The lowest BCUT2D eigenvalue weighted by atomic mass is 10.1. The summed E-state index contributed by atoms with van der Waals surface area (Å²) in [5.41, 5.74) is 5.48. The fraction of sp³-hybridized carbons (Fsp3) is 0.130. The van der Waals surface area contributed by atoms with Gasteiger partial charge in [-0.2, -0.15) is 5.10 Å². The minimum atomic E-state index is -0.451. The van der Waals surface area contributed by atoms with Gasteiger partial charge in [0.15, 0.2) is 11.5 Å². The van der Waals surface area contributed by atoms with Gasteiger partial charge in [-0.15, -0.1) is 0 Å². The maximum atomic E-state index is 12.2. The number of benzene rings is 3. The minimum Gasteiger partial charge on any atom is -0.493 e. The van der Waals surface area contributed by atoms with Gasteiger partial charge in [0.05, 0.1) is 22.7 Å². The number of hydrogen-bond acceptors (Lipinski definition) is 6. The summed E-state index contributed by atoms with van der Waals surface area (Å²) < 4.78 is 11.9. The molecule has 0 unspecified atom stereocenters. The van der Waals surface area contributed by atoms with Gasteiger partial charge in [0, 0.05) is 17.7 Å². The van der Waals surface area contributed by atoms with Crippen LogP contribution in [0, 0.1) is 17.0 Å². The van der Waals surface area contributed by atoms with Crippen molar-refractivity contribution in [2.45, 2.75) is 13.5 Å². The van der Waals surface area contributed by atoms with Gasteiger partial charge < -0.3 is 9.47 Å². The number of hydrogen-bond donors (Lipinski definition) is 1. The molecule has 0 fully saturated rings. The fourth-order valence-electron chi connectivity index (χ4n) is 2.84. The zero-order chi connectivity index (χ0) is 23.1. The van der Waals surface area contributed by atoms with Crippen molar-refractivity contribution in [1.29, 1.82) is 0 Å². The van der Waals surface area contributed by atoms with Crippen LogP contribution in [0.5, 0.6) is 11.5 Å². The summed E-state index contributed by atoms with van der Waals surface area (Å²) in [4.78, 5) is 22.5. The number of amides is 1. The smallest absolute Gasteiger partial charge is 0.271 e. The van der Waals surface area contributed by atoms with Gasteiger partial charge in [0.25, 0.3) is 11.6 Å². The van der Waals surface area contributed by atoms with E-state index in [1.807, 2.05) is 19.1 Å². The molecule has 32 heavy (non-hydrogen) atoms. The van der Waals surface area contributed by atoms with E-state index in [1.54, 1.807) is 36.4 Å². The Hall–Kier alpha value is -3.72. The van der Waals surface area contributed by atoms with E-state index in [9.17, 15) is 14.9 Å². The van der Waals surface area contributed by atoms with E-state index in [1.165, 1.54) is 25.5 Å². The van der Waals surface area contributed by atoms with E-state index < -0.39 is 4.92 Å². The molecule has 0 heterocycles. The maximum Gasteiger partial charge on any atom is 0.271 e. The van der Waals surface area contributed by atoms with Crippen molar-refractivity contribution in [3.63, 3.8) is 0 Å². The monoisotopic (exact) mass is 497 g/mol. The number of methoxy groups -OCH3 is 1. The lowest BCUT2D eigenvalue weighted by molar-refractivity contribution is -0.384. The van der Waals surface area contributed by atoms with Crippen LogP contribution in [0.25, 0.3) is 0 Å². The summed E-state index contributed by atoms with van der Waals surface area (Å²) in [6.07, 6.45) is 1.50. The number of hydrazone groups is 1. The van der Waals surface area contributed by atoms with Gasteiger partial charge in [-0.3, -0.25) is 14.9 Å². The van der Waals surface area contributed by atoms with Gasteiger partial charge in [-0.1, -0.05) is 17.7 Å². The van der Waals surface area contributed by atoms with Crippen LogP contribution in [0.2, 0.25) is 0 Å². The molecule has 164 valence electrons. The molecule has 0 atom stereocenters. The third-order valence-corrected chi connectivity index (χ3v) is 5.03. The van der Waals surface area contributed by atoms with Crippen LogP contribution in [0.3, 0.4) is 0 Å². The first kappa shape index (κ1) is 23.0. The van der Waals surface area contributed by atoms with Gasteiger partial charge in [-0.25, -0.2) is 5.43 Å². The Morgan fingerprint density at radius 1 is 1.19 bits per heavy atom. The molecular weight excluding hydrogens is 478 g/mol. The number of ether oxygens (including phenoxy) is 2. The molecule has 3 aromatic rings. The fourth-order valence-corrected chi connectivity index (χ4v) is 3.41. The molecule has 0 aliphatic carbocycles. The summed E-state index contributed by atoms with van der Waals surface area (Å²) in [7, 11) is 1.51. The summed E-state index contributed by atoms with van der Waals surface area (Å²) in [6, 6.07) is 16.8. The van der Waals surface area contributed by atoms with E-state index in [0.29, 0.717) is 27.1 Å². The highest BCUT2D eigenvalue weighted by molar-refractivity contribution is 9.10. The number of nitrogens with zero attached hydrogens (tertiary/aromatic N) is 2. The second kappa shape index (κ2) is 10.5. The van der Waals surface area contributed by atoms with Crippen LogP contribution in [-0.4, -0.2) is 24.2 Å². The lowest BCUT2D eigenvalue weighted by Gasteiger charge is -2.13. The summed E-state index contributed by atoms with van der Waals surface area (Å²) in [6.45, 7) is 2.11.